The van der Waals surface area contributed by atoms with Gasteiger partial charge in [0.15, 0.2) is 0 Å². The summed E-state index contributed by atoms with van der Waals surface area (Å²) in [5.74, 6) is 2.16. The van der Waals surface area contributed by atoms with Gasteiger partial charge in [-0.25, -0.2) is 0 Å². The van der Waals surface area contributed by atoms with E-state index in [0.29, 0.717) is 6.10 Å². The lowest BCUT2D eigenvalue weighted by atomic mass is 10.1. The van der Waals surface area contributed by atoms with E-state index in [1.165, 1.54) is 24.3 Å². The third-order valence-corrected chi connectivity index (χ3v) is 4.37. The van der Waals surface area contributed by atoms with Crippen molar-refractivity contribution in [3.8, 4) is 5.75 Å². The zero-order chi connectivity index (χ0) is 14.2. The van der Waals surface area contributed by atoms with Gasteiger partial charge in [-0.05, 0) is 49.1 Å². The summed E-state index contributed by atoms with van der Waals surface area (Å²) in [5.41, 5.74) is 1.32. The van der Waals surface area contributed by atoms with Crippen molar-refractivity contribution in [2.75, 3.05) is 45.4 Å². The standard InChI is InChI=1S/C16H25NO2S/c1-18-15-6-4-14(5-7-15)12-16-13-17(9-10-19-16)8-3-11-20-2/h4-7,16H,3,8-13H2,1-2H3/t16-/m1/s1. The van der Waals surface area contributed by atoms with Gasteiger partial charge in [0, 0.05) is 13.1 Å². The zero-order valence-corrected chi connectivity index (χ0v) is 13.3. The minimum Gasteiger partial charge on any atom is -0.497 e. The van der Waals surface area contributed by atoms with Gasteiger partial charge >= 0.3 is 0 Å². The maximum Gasteiger partial charge on any atom is 0.118 e. The molecule has 20 heavy (non-hydrogen) atoms. The Balaban J connectivity index is 1.79. The van der Waals surface area contributed by atoms with Crippen molar-refractivity contribution in [2.24, 2.45) is 0 Å². The number of benzene rings is 1. The summed E-state index contributed by atoms with van der Waals surface area (Å²) in [7, 11) is 1.70. The van der Waals surface area contributed by atoms with Crippen LogP contribution in [0.15, 0.2) is 24.3 Å². The average Bonchev–Trinajstić information content (AvgIpc) is 2.49. The van der Waals surface area contributed by atoms with Gasteiger partial charge in [-0.2, -0.15) is 11.8 Å². The van der Waals surface area contributed by atoms with Crippen LogP contribution in [0.4, 0.5) is 0 Å². The molecule has 0 radical (unpaired) electrons. The molecule has 1 aliphatic heterocycles. The second kappa shape index (κ2) is 8.55. The van der Waals surface area contributed by atoms with Gasteiger partial charge in [0.05, 0.1) is 19.8 Å². The summed E-state index contributed by atoms with van der Waals surface area (Å²) in [6.45, 7) is 4.19. The minimum atomic E-state index is 0.325. The molecule has 0 bridgehead atoms. The van der Waals surface area contributed by atoms with Crippen LogP contribution in [-0.4, -0.2) is 56.4 Å². The molecule has 0 amide bonds. The van der Waals surface area contributed by atoms with E-state index in [-0.39, 0.29) is 0 Å². The number of rotatable bonds is 7. The maximum absolute atomic E-state index is 5.90. The molecule has 0 spiro atoms. The second-order valence-corrected chi connectivity index (χ2v) is 6.18. The van der Waals surface area contributed by atoms with E-state index in [4.69, 9.17) is 9.47 Å². The van der Waals surface area contributed by atoms with Crippen molar-refractivity contribution in [2.45, 2.75) is 18.9 Å². The van der Waals surface area contributed by atoms with Crippen LogP contribution in [-0.2, 0) is 11.2 Å². The molecule has 0 saturated carbocycles. The van der Waals surface area contributed by atoms with E-state index in [1.807, 2.05) is 23.9 Å². The first-order valence-corrected chi connectivity index (χ1v) is 8.67. The minimum absolute atomic E-state index is 0.325. The van der Waals surface area contributed by atoms with Crippen molar-refractivity contribution in [1.82, 2.24) is 4.90 Å². The van der Waals surface area contributed by atoms with Gasteiger partial charge < -0.3 is 9.47 Å². The first-order chi connectivity index (χ1) is 9.81. The summed E-state index contributed by atoms with van der Waals surface area (Å²) in [4.78, 5) is 2.54. The predicted molar refractivity (Wildman–Crippen MR) is 85.9 cm³/mol. The molecule has 1 atom stereocenters. The van der Waals surface area contributed by atoms with Crippen LogP contribution in [0, 0.1) is 0 Å². The molecule has 1 fully saturated rings. The Kier molecular flexibility index (Phi) is 6.70. The quantitative estimate of drug-likeness (QED) is 0.721. The van der Waals surface area contributed by atoms with Crippen LogP contribution in [0.3, 0.4) is 0 Å². The first kappa shape index (κ1) is 15.7. The smallest absolute Gasteiger partial charge is 0.118 e. The Morgan fingerprint density at radius 2 is 2.15 bits per heavy atom. The molecule has 1 saturated heterocycles. The predicted octanol–water partition coefficient (Wildman–Crippen LogP) is 2.69. The number of methoxy groups -OCH3 is 1. The molecule has 112 valence electrons. The molecule has 0 aromatic heterocycles. The van der Waals surface area contributed by atoms with Crippen molar-refractivity contribution < 1.29 is 9.47 Å². The van der Waals surface area contributed by atoms with Crippen LogP contribution in [0.2, 0.25) is 0 Å². The second-order valence-electron chi connectivity index (χ2n) is 5.19. The topological polar surface area (TPSA) is 21.7 Å². The molecule has 1 aromatic carbocycles. The summed E-state index contributed by atoms with van der Waals surface area (Å²) in [5, 5.41) is 0. The van der Waals surface area contributed by atoms with Crippen molar-refractivity contribution in [3.63, 3.8) is 0 Å². The van der Waals surface area contributed by atoms with E-state index in [0.717, 1.165) is 31.9 Å². The van der Waals surface area contributed by atoms with Crippen LogP contribution < -0.4 is 4.74 Å². The fourth-order valence-electron chi connectivity index (χ4n) is 2.56. The molecule has 0 N–H and O–H groups in total. The Hall–Kier alpha value is -0.710. The summed E-state index contributed by atoms with van der Waals surface area (Å²) < 4.78 is 11.1. The lowest BCUT2D eigenvalue weighted by Gasteiger charge is -2.33. The highest BCUT2D eigenvalue weighted by molar-refractivity contribution is 7.98. The van der Waals surface area contributed by atoms with Gasteiger partial charge in [0.2, 0.25) is 0 Å². The van der Waals surface area contributed by atoms with Gasteiger partial charge in [-0.1, -0.05) is 12.1 Å². The molecule has 3 nitrogen and oxygen atoms in total. The van der Waals surface area contributed by atoms with Gasteiger partial charge in [0.1, 0.15) is 5.75 Å². The number of hydrogen-bond acceptors (Lipinski definition) is 4. The SMILES string of the molecule is COc1ccc(C[C@@H]2CN(CCCSC)CCO2)cc1. The number of ether oxygens (including phenoxy) is 2. The van der Waals surface area contributed by atoms with E-state index in [2.05, 4.69) is 23.3 Å². The summed E-state index contributed by atoms with van der Waals surface area (Å²) in [6, 6.07) is 8.31. The fraction of sp³-hybridized carbons (Fsp3) is 0.625. The molecular formula is C16H25NO2S. The first-order valence-electron chi connectivity index (χ1n) is 7.27. The van der Waals surface area contributed by atoms with E-state index in [9.17, 15) is 0 Å². The van der Waals surface area contributed by atoms with E-state index in [1.54, 1.807) is 7.11 Å². The molecular weight excluding hydrogens is 270 g/mol. The highest BCUT2D eigenvalue weighted by atomic mass is 32.2. The highest BCUT2D eigenvalue weighted by Crippen LogP contribution is 2.16. The largest absolute Gasteiger partial charge is 0.497 e. The van der Waals surface area contributed by atoms with E-state index < -0.39 is 0 Å². The molecule has 0 aliphatic carbocycles. The monoisotopic (exact) mass is 295 g/mol. The van der Waals surface area contributed by atoms with Gasteiger partial charge in [-0.3, -0.25) is 4.90 Å². The number of hydrogen-bond donors (Lipinski definition) is 0. The maximum atomic E-state index is 5.90. The molecule has 0 unspecified atom stereocenters. The Labute approximate surface area is 126 Å². The molecule has 1 aliphatic rings. The number of thioether (sulfide) groups is 1. The Bertz CT molecular complexity index is 383. The number of nitrogens with zero attached hydrogens (tertiary/aromatic N) is 1. The third kappa shape index (κ3) is 5.00. The highest BCUT2D eigenvalue weighted by Gasteiger charge is 2.20. The molecule has 1 heterocycles. The molecule has 2 rings (SSSR count). The average molecular weight is 295 g/mol. The van der Waals surface area contributed by atoms with Crippen LogP contribution >= 0.6 is 11.8 Å². The van der Waals surface area contributed by atoms with Gasteiger partial charge in [-0.15, -0.1) is 0 Å². The van der Waals surface area contributed by atoms with Crippen molar-refractivity contribution in [1.29, 1.82) is 0 Å². The Morgan fingerprint density at radius 1 is 1.35 bits per heavy atom. The summed E-state index contributed by atoms with van der Waals surface area (Å²) in [6.07, 6.45) is 4.76. The van der Waals surface area contributed by atoms with Crippen LogP contribution in [0.1, 0.15) is 12.0 Å². The Morgan fingerprint density at radius 3 is 2.85 bits per heavy atom. The fourth-order valence-corrected chi connectivity index (χ4v) is 2.98. The number of morpholine rings is 1. The van der Waals surface area contributed by atoms with E-state index >= 15 is 0 Å². The third-order valence-electron chi connectivity index (χ3n) is 3.67. The summed E-state index contributed by atoms with van der Waals surface area (Å²) >= 11 is 1.93. The lowest BCUT2D eigenvalue weighted by molar-refractivity contribution is -0.0273. The van der Waals surface area contributed by atoms with Crippen LogP contribution in [0.25, 0.3) is 0 Å². The molecule has 1 aromatic rings. The van der Waals surface area contributed by atoms with Crippen LogP contribution in [0.5, 0.6) is 5.75 Å². The van der Waals surface area contributed by atoms with Gasteiger partial charge in [0.25, 0.3) is 0 Å². The van der Waals surface area contributed by atoms with Crippen molar-refractivity contribution in [3.05, 3.63) is 29.8 Å². The molecule has 4 heteroatoms. The zero-order valence-electron chi connectivity index (χ0n) is 12.5. The lowest BCUT2D eigenvalue weighted by Crippen LogP contribution is -2.43. The van der Waals surface area contributed by atoms with Crippen molar-refractivity contribution >= 4 is 11.8 Å². The normalized spacial score (nSPS) is 20.0.